The van der Waals surface area contributed by atoms with Crippen LogP contribution in [0, 0.1) is 0 Å². The molecule has 1 N–H and O–H groups in total. The van der Waals surface area contributed by atoms with Gasteiger partial charge in [-0.05, 0) is 25.9 Å². The van der Waals surface area contributed by atoms with Gasteiger partial charge in [0.25, 0.3) is 0 Å². The zero-order chi connectivity index (χ0) is 29.7. The van der Waals surface area contributed by atoms with Crippen molar-refractivity contribution < 1.29 is 4.79 Å². The molecule has 240 valence electrons. The summed E-state index contributed by atoms with van der Waals surface area (Å²) in [4.78, 5) is 10.0. The molecule has 0 saturated carbocycles. The van der Waals surface area contributed by atoms with E-state index in [9.17, 15) is 4.79 Å². The van der Waals surface area contributed by atoms with Crippen molar-refractivity contribution in [1.29, 1.82) is 0 Å². The van der Waals surface area contributed by atoms with Crippen molar-refractivity contribution in [2.45, 2.75) is 194 Å². The molecule has 0 unspecified atom stereocenters. The normalized spacial score (nSPS) is 10.9. The van der Waals surface area contributed by atoms with Crippen LogP contribution < -0.4 is 5.32 Å². The summed E-state index contributed by atoms with van der Waals surface area (Å²) in [5.41, 5.74) is 0.729. The second kappa shape index (κ2) is 36.9. The van der Waals surface area contributed by atoms with Crippen molar-refractivity contribution in [2.24, 2.45) is 0 Å². The molecule has 0 saturated heterocycles. The first-order chi connectivity index (χ1) is 20.3. The number of hydrogen-bond acceptors (Lipinski definition) is 2. The fourth-order valence-corrected chi connectivity index (χ4v) is 5.55. The lowest BCUT2D eigenvalue weighted by atomic mass is 10.0. The van der Waals surface area contributed by atoms with Crippen LogP contribution in [0.3, 0.4) is 0 Å². The molecule has 0 fully saturated rings. The van der Waals surface area contributed by atoms with E-state index in [1.54, 1.807) is 12.1 Å². The number of carbonyl (C=O) groups is 1. The van der Waals surface area contributed by atoms with Gasteiger partial charge in [0.05, 0.1) is 0 Å². The van der Waals surface area contributed by atoms with Crippen LogP contribution in [0.2, 0.25) is 0 Å². The number of rotatable bonds is 31. The molecule has 2 heteroatoms. The predicted octanol–water partition coefficient (Wildman–Crippen LogP) is 13.0. The molecule has 0 aliphatic rings. The van der Waals surface area contributed by atoms with Gasteiger partial charge in [-0.3, -0.25) is 4.79 Å². The Morgan fingerprint density at radius 2 is 0.683 bits per heavy atom. The van der Waals surface area contributed by atoms with Crippen molar-refractivity contribution in [3.05, 3.63) is 35.9 Å². The van der Waals surface area contributed by atoms with Crippen LogP contribution in [-0.2, 0) is 0 Å². The zero-order valence-corrected chi connectivity index (χ0v) is 28.1. The molecule has 0 aromatic heterocycles. The Morgan fingerprint density at radius 3 is 0.927 bits per heavy atom. The SMILES string of the molecule is CCCCCCCCCCCCCCCCNCCCCCCCCCCCCCCCC.O=Cc1ccccc1. The predicted molar refractivity (Wildman–Crippen MR) is 185 cm³/mol. The minimum atomic E-state index is 0.729. The van der Waals surface area contributed by atoms with Crippen LogP contribution >= 0.6 is 0 Å². The maximum Gasteiger partial charge on any atom is 0.150 e. The molecule has 0 spiro atoms. The van der Waals surface area contributed by atoms with Gasteiger partial charge in [-0.2, -0.15) is 0 Å². The van der Waals surface area contributed by atoms with Gasteiger partial charge in [-0.25, -0.2) is 0 Å². The first-order valence-corrected chi connectivity index (χ1v) is 18.6. The largest absolute Gasteiger partial charge is 0.317 e. The van der Waals surface area contributed by atoms with E-state index in [1.807, 2.05) is 18.2 Å². The topological polar surface area (TPSA) is 29.1 Å². The van der Waals surface area contributed by atoms with Crippen molar-refractivity contribution in [3.8, 4) is 0 Å². The van der Waals surface area contributed by atoms with Gasteiger partial charge in [0.2, 0.25) is 0 Å². The monoisotopic (exact) mass is 572 g/mol. The Hall–Kier alpha value is -1.15. The maximum atomic E-state index is 10.0. The summed E-state index contributed by atoms with van der Waals surface area (Å²) in [6.07, 6.45) is 41.6. The van der Waals surface area contributed by atoms with Crippen molar-refractivity contribution in [2.75, 3.05) is 13.1 Å². The molecule has 1 aromatic rings. The lowest BCUT2D eigenvalue weighted by molar-refractivity contribution is 0.112. The summed E-state index contributed by atoms with van der Waals surface area (Å²) in [5, 5.41) is 3.67. The fourth-order valence-electron chi connectivity index (χ4n) is 5.55. The summed E-state index contributed by atoms with van der Waals surface area (Å²) in [6, 6.07) is 9.10. The zero-order valence-electron chi connectivity index (χ0n) is 28.1. The Kier molecular flexibility index (Phi) is 35.8. The third kappa shape index (κ3) is 35.0. The molecule has 1 aromatic carbocycles. The van der Waals surface area contributed by atoms with Gasteiger partial charge < -0.3 is 5.32 Å². The van der Waals surface area contributed by atoms with E-state index < -0.39 is 0 Å². The average molecular weight is 572 g/mol. The van der Waals surface area contributed by atoms with Gasteiger partial charge in [-0.1, -0.05) is 211 Å². The third-order valence-electron chi connectivity index (χ3n) is 8.35. The molecule has 0 radical (unpaired) electrons. The number of hydrogen-bond donors (Lipinski definition) is 1. The minimum absolute atomic E-state index is 0.729. The first-order valence-electron chi connectivity index (χ1n) is 18.6. The average Bonchev–Trinajstić information content (AvgIpc) is 3.01. The van der Waals surface area contributed by atoms with E-state index >= 15 is 0 Å². The first kappa shape index (κ1) is 39.8. The van der Waals surface area contributed by atoms with E-state index in [0.29, 0.717) is 0 Å². The lowest BCUT2D eigenvalue weighted by Crippen LogP contribution is -2.16. The number of nitrogens with one attached hydrogen (secondary N) is 1. The van der Waals surface area contributed by atoms with Gasteiger partial charge in [0.15, 0.2) is 0 Å². The van der Waals surface area contributed by atoms with Crippen LogP contribution in [0.4, 0.5) is 0 Å². The standard InChI is InChI=1S/C32H67N.C7H6O/c1-3-5-7-9-11-13-15-17-19-21-23-25-27-29-31-33-32-30-28-26-24-22-20-18-16-14-12-10-8-6-4-2;8-6-7-4-2-1-3-5-7/h33H,3-32H2,1-2H3;1-6H. The van der Waals surface area contributed by atoms with Crippen LogP contribution in [0.15, 0.2) is 30.3 Å². The maximum absolute atomic E-state index is 10.0. The summed E-state index contributed by atoms with van der Waals surface area (Å²) in [7, 11) is 0. The highest BCUT2D eigenvalue weighted by Crippen LogP contribution is 2.14. The number of benzene rings is 1. The van der Waals surface area contributed by atoms with E-state index in [-0.39, 0.29) is 0 Å². The van der Waals surface area contributed by atoms with Crippen LogP contribution in [-0.4, -0.2) is 19.4 Å². The highest BCUT2D eigenvalue weighted by Gasteiger charge is 1.96. The molecule has 1 rings (SSSR count). The van der Waals surface area contributed by atoms with Crippen molar-refractivity contribution >= 4 is 6.29 Å². The van der Waals surface area contributed by atoms with Crippen LogP contribution in [0.1, 0.15) is 204 Å². The Labute approximate surface area is 258 Å². The lowest BCUT2D eigenvalue weighted by Gasteiger charge is -2.06. The molecule has 0 heterocycles. The fraction of sp³-hybridized carbons (Fsp3) is 0.821. The van der Waals surface area contributed by atoms with Crippen molar-refractivity contribution in [3.63, 3.8) is 0 Å². The smallest absolute Gasteiger partial charge is 0.150 e. The molecule has 0 aliphatic carbocycles. The molecular formula is C39H73NO. The summed E-state index contributed by atoms with van der Waals surface area (Å²) < 4.78 is 0. The number of carbonyl (C=O) groups excluding carboxylic acids is 1. The second-order valence-corrected chi connectivity index (χ2v) is 12.5. The molecule has 0 atom stereocenters. The summed E-state index contributed by atoms with van der Waals surface area (Å²) in [6.45, 7) is 7.10. The van der Waals surface area contributed by atoms with Crippen LogP contribution in [0.25, 0.3) is 0 Å². The number of aldehydes is 1. The van der Waals surface area contributed by atoms with Gasteiger partial charge in [0.1, 0.15) is 6.29 Å². The summed E-state index contributed by atoms with van der Waals surface area (Å²) >= 11 is 0. The van der Waals surface area contributed by atoms with E-state index in [0.717, 1.165) is 11.8 Å². The second-order valence-electron chi connectivity index (χ2n) is 12.5. The molecule has 0 bridgehead atoms. The molecular weight excluding hydrogens is 498 g/mol. The molecule has 2 nitrogen and oxygen atoms in total. The Morgan fingerprint density at radius 1 is 0.415 bits per heavy atom. The highest BCUT2D eigenvalue weighted by molar-refractivity contribution is 5.74. The van der Waals surface area contributed by atoms with E-state index in [1.165, 1.54) is 193 Å². The number of unbranched alkanes of at least 4 members (excludes halogenated alkanes) is 26. The van der Waals surface area contributed by atoms with Crippen molar-refractivity contribution in [1.82, 2.24) is 5.32 Å². The van der Waals surface area contributed by atoms with E-state index in [2.05, 4.69) is 19.2 Å². The molecule has 0 aliphatic heterocycles. The quantitative estimate of drug-likeness (QED) is 0.0709. The Bertz CT molecular complexity index is 556. The third-order valence-corrected chi connectivity index (χ3v) is 8.35. The molecule has 41 heavy (non-hydrogen) atoms. The van der Waals surface area contributed by atoms with Crippen LogP contribution in [0.5, 0.6) is 0 Å². The highest BCUT2D eigenvalue weighted by atomic mass is 16.1. The van der Waals surface area contributed by atoms with Gasteiger partial charge in [-0.15, -0.1) is 0 Å². The summed E-state index contributed by atoms with van der Waals surface area (Å²) in [5.74, 6) is 0. The van der Waals surface area contributed by atoms with Gasteiger partial charge >= 0.3 is 0 Å². The van der Waals surface area contributed by atoms with Gasteiger partial charge in [0, 0.05) is 5.56 Å². The minimum Gasteiger partial charge on any atom is -0.317 e. The molecule has 0 amide bonds. The Balaban J connectivity index is 0.00000170. The van der Waals surface area contributed by atoms with E-state index in [4.69, 9.17) is 0 Å².